The summed E-state index contributed by atoms with van der Waals surface area (Å²) in [6.45, 7) is 2.95. The molecule has 1 N–H and O–H groups in total. The molecular weight excluding hydrogens is 380 g/mol. The summed E-state index contributed by atoms with van der Waals surface area (Å²) in [6, 6.07) is 12.4. The van der Waals surface area contributed by atoms with Crippen molar-refractivity contribution in [2.75, 3.05) is 24.7 Å². The molecule has 1 aliphatic rings. The second kappa shape index (κ2) is 7.18. The van der Waals surface area contributed by atoms with Crippen LogP contribution in [-0.2, 0) is 10.0 Å². The Bertz CT molecular complexity index is 1060. The zero-order valence-corrected chi connectivity index (χ0v) is 17.0. The standard InChI is InChI=1S/C19H22N4O2S2/c1-13-20-18(22-15-9-6-10-23(12-15)27(2,24)25)16-11-17(26-19(16)21-13)14-7-4-3-5-8-14/h3-5,7-8,11,15H,6,9-10,12H2,1-2H3,(H,20,21,22). The molecule has 3 aromatic rings. The molecule has 1 aliphatic heterocycles. The number of benzene rings is 1. The van der Waals surface area contributed by atoms with E-state index in [0.717, 1.165) is 39.3 Å². The minimum atomic E-state index is -3.17. The number of aryl methyl sites for hydroxylation is 1. The van der Waals surface area contributed by atoms with Gasteiger partial charge in [-0.15, -0.1) is 11.3 Å². The van der Waals surface area contributed by atoms with E-state index in [-0.39, 0.29) is 6.04 Å². The molecule has 1 saturated heterocycles. The molecule has 8 heteroatoms. The first-order valence-electron chi connectivity index (χ1n) is 8.95. The number of hydrogen-bond acceptors (Lipinski definition) is 6. The lowest BCUT2D eigenvalue weighted by Gasteiger charge is -2.31. The van der Waals surface area contributed by atoms with Crippen molar-refractivity contribution < 1.29 is 8.42 Å². The fraction of sp³-hybridized carbons (Fsp3) is 0.368. The highest BCUT2D eigenvalue weighted by Gasteiger charge is 2.26. The lowest BCUT2D eigenvalue weighted by molar-refractivity contribution is 0.329. The van der Waals surface area contributed by atoms with E-state index >= 15 is 0 Å². The highest BCUT2D eigenvalue weighted by Crippen LogP contribution is 2.35. The third-order valence-electron chi connectivity index (χ3n) is 4.76. The summed E-state index contributed by atoms with van der Waals surface area (Å²) in [4.78, 5) is 11.3. The molecule has 1 aromatic carbocycles. The summed E-state index contributed by atoms with van der Waals surface area (Å²) in [7, 11) is -3.17. The van der Waals surface area contributed by atoms with Crippen molar-refractivity contribution in [2.45, 2.75) is 25.8 Å². The molecule has 0 aliphatic carbocycles. The van der Waals surface area contributed by atoms with Gasteiger partial charge in [-0.1, -0.05) is 30.3 Å². The van der Waals surface area contributed by atoms with Crippen LogP contribution in [0.5, 0.6) is 0 Å². The molecule has 6 nitrogen and oxygen atoms in total. The maximum atomic E-state index is 11.9. The van der Waals surface area contributed by atoms with Crippen LogP contribution in [-0.4, -0.2) is 48.1 Å². The van der Waals surface area contributed by atoms with Gasteiger partial charge in [0.25, 0.3) is 0 Å². The van der Waals surface area contributed by atoms with Crippen LogP contribution in [0.2, 0.25) is 0 Å². The quantitative estimate of drug-likeness (QED) is 0.723. The topological polar surface area (TPSA) is 75.2 Å². The van der Waals surface area contributed by atoms with Gasteiger partial charge < -0.3 is 5.32 Å². The second-order valence-corrected chi connectivity index (χ2v) is 9.93. The van der Waals surface area contributed by atoms with E-state index in [1.807, 2.05) is 25.1 Å². The molecule has 142 valence electrons. The molecule has 4 rings (SSSR count). The van der Waals surface area contributed by atoms with E-state index in [1.165, 1.54) is 6.26 Å². The summed E-state index contributed by atoms with van der Waals surface area (Å²) in [6.07, 6.45) is 3.04. The average Bonchev–Trinajstić information content (AvgIpc) is 3.06. The largest absolute Gasteiger partial charge is 0.365 e. The van der Waals surface area contributed by atoms with Crippen LogP contribution < -0.4 is 5.32 Å². The summed E-state index contributed by atoms with van der Waals surface area (Å²) in [5.41, 5.74) is 1.16. The molecule has 0 radical (unpaired) electrons. The first kappa shape index (κ1) is 18.3. The van der Waals surface area contributed by atoms with Crippen molar-refractivity contribution in [1.29, 1.82) is 0 Å². The number of sulfonamides is 1. The molecule has 1 atom stereocenters. The monoisotopic (exact) mass is 402 g/mol. The van der Waals surface area contributed by atoms with E-state index in [1.54, 1.807) is 15.6 Å². The lowest BCUT2D eigenvalue weighted by atomic mass is 10.1. The van der Waals surface area contributed by atoms with Crippen LogP contribution in [0.1, 0.15) is 18.7 Å². The Balaban J connectivity index is 1.66. The van der Waals surface area contributed by atoms with Gasteiger partial charge in [0.05, 0.1) is 11.6 Å². The maximum Gasteiger partial charge on any atom is 0.211 e. The molecule has 0 spiro atoms. The number of nitrogens with one attached hydrogen (secondary N) is 1. The van der Waals surface area contributed by atoms with Gasteiger partial charge in [-0.05, 0) is 31.4 Å². The Labute approximate surface area is 163 Å². The number of aromatic nitrogens is 2. The molecule has 0 saturated carbocycles. The molecule has 1 fully saturated rings. The normalized spacial score (nSPS) is 18.7. The van der Waals surface area contributed by atoms with Crippen LogP contribution in [0, 0.1) is 6.92 Å². The van der Waals surface area contributed by atoms with E-state index in [4.69, 9.17) is 0 Å². The van der Waals surface area contributed by atoms with Crippen molar-refractivity contribution in [1.82, 2.24) is 14.3 Å². The predicted octanol–water partition coefficient (Wildman–Crippen LogP) is 3.50. The van der Waals surface area contributed by atoms with Crippen molar-refractivity contribution in [3.63, 3.8) is 0 Å². The summed E-state index contributed by atoms with van der Waals surface area (Å²) in [5.74, 6) is 1.50. The molecule has 1 unspecified atom stereocenters. The van der Waals surface area contributed by atoms with Crippen molar-refractivity contribution in [3.8, 4) is 10.4 Å². The minimum Gasteiger partial charge on any atom is -0.365 e. The van der Waals surface area contributed by atoms with Crippen LogP contribution in [0.3, 0.4) is 0 Å². The second-order valence-electron chi connectivity index (χ2n) is 6.92. The maximum absolute atomic E-state index is 11.9. The number of fused-ring (bicyclic) bond motifs is 1. The lowest BCUT2D eigenvalue weighted by Crippen LogP contribution is -2.44. The zero-order chi connectivity index (χ0) is 19.0. The molecule has 2 aromatic heterocycles. The molecular formula is C19H22N4O2S2. The van der Waals surface area contributed by atoms with E-state index < -0.39 is 10.0 Å². The van der Waals surface area contributed by atoms with Gasteiger partial charge in [0.15, 0.2) is 0 Å². The van der Waals surface area contributed by atoms with Gasteiger partial charge in [-0.25, -0.2) is 22.7 Å². The number of anilines is 1. The highest BCUT2D eigenvalue weighted by atomic mass is 32.2. The van der Waals surface area contributed by atoms with Gasteiger partial charge in [-0.2, -0.15) is 0 Å². The molecule has 0 bridgehead atoms. The van der Waals surface area contributed by atoms with Crippen LogP contribution in [0.4, 0.5) is 5.82 Å². The van der Waals surface area contributed by atoms with Gasteiger partial charge in [0, 0.05) is 24.0 Å². The van der Waals surface area contributed by atoms with Crippen molar-refractivity contribution in [3.05, 3.63) is 42.2 Å². The fourth-order valence-corrected chi connectivity index (χ4v) is 5.43. The number of thiophene rings is 1. The zero-order valence-electron chi connectivity index (χ0n) is 15.3. The molecule has 3 heterocycles. The Kier molecular flexibility index (Phi) is 4.88. The molecule has 0 amide bonds. The van der Waals surface area contributed by atoms with Gasteiger partial charge in [0.2, 0.25) is 10.0 Å². The summed E-state index contributed by atoms with van der Waals surface area (Å²) >= 11 is 1.65. The van der Waals surface area contributed by atoms with Gasteiger partial charge >= 0.3 is 0 Å². The third-order valence-corrected chi connectivity index (χ3v) is 7.10. The van der Waals surface area contributed by atoms with Gasteiger partial charge in [0.1, 0.15) is 16.5 Å². The SMILES string of the molecule is Cc1nc(NC2CCCN(S(C)(=O)=O)C2)c2cc(-c3ccccc3)sc2n1. The smallest absolute Gasteiger partial charge is 0.211 e. The Morgan fingerprint density at radius 1 is 1.22 bits per heavy atom. The van der Waals surface area contributed by atoms with Crippen molar-refractivity contribution in [2.24, 2.45) is 0 Å². The number of nitrogens with zero attached hydrogens (tertiary/aromatic N) is 3. The first-order chi connectivity index (χ1) is 12.9. The first-order valence-corrected chi connectivity index (χ1v) is 11.6. The third kappa shape index (κ3) is 3.97. The minimum absolute atomic E-state index is 0.0473. The number of hydrogen-bond donors (Lipinski definition) is 1. The Morgan fingerprint density at radius 2 is 2.00 bits per heavy atom. The van der Waals surface area contributed by atoms with Crippen LogP contribution in [0.15, 0.2) is 36.4 Å². The van der Waals surface area contributed by atoms with E-state index in [9.17, 15) is 8.42 Å². The molecule has 27 heavy (non-hydrogen) atoms. The highest BCUT2D eigenvalue weighted by molar-refractivity contribution is 7.88. The Hall–Kier alpha value is -2.03. The van der Waals surface area contributed by atoms with E-state index in [2.05, 4.69) is 33.5 Å². The summed E-state index contributed by atoms with van der Waals surface area (Å²) < 4.78 is 25.3. The predicted molar refractivity (Wildman–Crippen MR) is 111 cm³/mol. The van der Waals surface area contributed by atoms with Crippen LogP contribution >= 0.6 is 11.3 Å². The van der Waals surface area contributed by atoms with Crippen molar-refractivity contribution >= 4 is 37.4 Å². The number of rotatable bonds is 4. The fourth-order valence-electron chi connectivity index (χ4n) is 3.44. The average molecular weight is 403 g/mol. The Morgan fingerprint density at radius 3 is 2.74 bits per heavy atom. The van der Waals surface area contributed by atoms with Gasteiger partial charge in [-0.3, -0.25) is 0 Å². The summed E-state index contributed by atoms with van der Waals surface area (Å²) in [5, 5.41) is 4.47. The van der Waals surface area contributed by atoms with E-state index in [0.29, 0.717) is 18.9 Å². The number of piperidine rings is 1. The van der Waals surface area contributed by atoms with Crippen LogP contribution in [0.25, 0.3) is 20.7 Å².